The Labute approximate surface area is 181 Å². The van der Waals surface area contributed by atoms with Crippen molar-refractivity contribution in [1.29, 1.82) is 0 Å². The Bertz CT molecular complexity index is 1050. The highest BCUT2D eigenvalue weighted by atomic mass is 16.5. The summed E-state index contributed by atoms with van der Waals surface area (Å²) >= 11 is 0. The van der Waals surface area contributed by atoms with Crippen molar-refractivity contribution in [2.45, 2.75) is 31.7 Å². The summed E-state index contributed by atoms with van der Waals surface area (Å²) in [7, 11) is 2.87. The largest absolute Gasteiger partial charge is 0.496 e. The lowest BCUT2D eigenvalue weighted by Crippen LogP contribution is -2.17. The molecular formula is C24H26N4O3. The second-order valence-electron chi connectivity index (χ2n) is 7.49. The molecule has 0 atom stereocenters. The van der Waals surface area contributed by atoms with Gasteiger partial charge in [0.05, 0.1) is 19.9 Å². The van der Waals surface area contributed by atoms with Crippen LogP contribution in [-0.4, -0.2) is 36.2 Å². The van der Waals surface area contributed by atoms with Gasteiger partial charge in [0.25, 0.3) is 0 Å². The van der Waals surface area contributed by atoms with Crippen LogP contribution in [0, 0.1) is 0 Å². The van der Waals surface area contributed by atoms with Crippen LogP contribution < -0.4 is 15.4 Å². The molecule has 7 heteroatoms. The maximum Gasteiger partial charge on any atom is 0.341 e. The van der Waals surface area contributed by atoms with Crippen LogP contribution in [0.5, 0.6) is 5.75 Å². The maximum absolute atomic E-state index is 11.9. The average molecular weight is 418 g/mol. The van der Waals surface area contributed by atoms with E-state index in [1.807, 2.05) is 36.4 Å². The number of esters is 1. The average Bonchev–Trinajstić information content (AvgIpc) is 3.32. The van der Waals surface area contributed by atoms with Crippen molar-refractivity contribution in [2.75, 3.05) is 24.9 Å². The molecule has 0 radical (unpaired) electrons. The standard InChI is InChI=1S/C24H26N4O3/c1-30-21-14-18(12-13-19(21)23(29)31-2)25-22-15-20(16-8-4-3-5-9-16)27-24(28-22)26-17-10-6-7-11-17/h3-5,8-9,12-15,17H,6-7,10-11H2,1-2H3,(H2,25,26,27,28). The van der Waals surface area contributed by atoms with Gasteiger partial charge in [0.15, 0.2) is 0 Å². The number of carbonyl (C=O) groups is 1. The highest BCUT2D eigenvalue weighted by Gasteiger charge is 2.17. The Kier molecular flexibility index (Phi) is 6.31. The predicted molar refractivity (Wildman–Crippen MR) is 121 cm³/mol. The monoisotopic (exact) mass is 418 g/mol. The summed E-state index contributed by atoms with van der Waals surface area (Å²) in [6.07, 6.45) is 4.72. The van der Waals surface area contributed by atoms with Gasteiger partial charge in [0.1, 0.15) is 17.1 Å². The molecule has 2 aromatic carbocycles. The number of nitrogens with zero attached hydrogens (tertiary/aromatic N) is 2. The van der Waals surface area contributed by atoms with Gasteiger partial charge in [-0.3, -0.25) is 0 Å². The van der Waals surface area contributed by atoms with E-state index in [0.29, 0.717) is 29.1 Å². The third-order valence-corrected chi connectivity index (χ3v) is 5.36. The lowest BCUT2D eigenvalue weighted by molar-refractivity contribution is 0.0597. The number of rotatable bonds is 7. The van der Waals surface area contributed by atoms with E-state index in [9.17, 15) is 4.79 Å². The van der Waals surface area contributed by atoms with Crippen LogP contribution in [-0.2, 0) is 4.74 Å². The fourth-order valence-corrected chi connectivity index (χ4v) is 3.78. The summed E-state index contributed by atoms with van der Waals surface area (Å²) in [5.41, 5.74) is 2.96. The number of hydrogen-bond donors (Lipinski definition) is 2. The van der Waals surface area contributed by atoms with Crippen molar-refractivity contribution in [2.24, 2.45) is 0 Å². The molecule has 3 aromatic rings. The Morgan fingerprint density at radius 3 is 2.48 bits per heavy atom. The zero-order valence-electron chi connectivity index (χ0n) is 17.7. The van der Waals surface area contributed by atoms with Gasteiger partial charge in [0.2, 0.25) is 5.95 Å². The van der Waals surface area contributed by atoms with Crippen molar-refractivity contribution in [3.8, 4) is 17.0 Å². The molecule has 0 aliphatic heterocycles. The first kappa shape index (κ1) is 20.7. The molecule has 0 spiro atoms. The maximum atomic E-state index is 11.9. The number of nitrogens with one attached hydrogen (secondary N) is 2. The molecule has 2 N–H and O–H groups in total. The van der Waals surface area contributed by atoms with E-state index in [-0.39, 0.29) is 0 Å². The van der Waals surface area contributed by atoms with Crippen molar-refractivity contribution < 1.29 is 14.3 Å². The van der Waals surface area contributed by atoms with Crippen molar-refractivity contribution in [3.63, 3.8) is 0 Å². The summed E-state index contributed by atoms with van der Waals surface area (Å²) in [5, 5.41) is 6.80. The predicted octanol–water partition coefficient (Wildman–Crippen LogP) is 5.04. The normalized spacial score (nSPS) is 13.6. The van der Waals surface area contributed by atoms with E-state index in [0.717, 1.165) is 29.8 Å². The SMILES string of the molecule is COC(=O)c1ccc(Nc2cc(-c3ccccc3)nc(NC3CCCC3)n2)cc1OC. The highest BCUT2D eigenvalue weighted by Crippen LogP contribution is 2.29. The molecule has 1 heterocycles. The van der Waals surface area contributed by atoms with Crippen LogP contribution in [0.15, 0.2) is 54.6 Å². The summed E-state index contributed by atoms with van der Waals surface area (Å²) < 4.78 is 10.2. The van der Waals surface area contributed by atoms with E-state index in [1.54, 1.807) is 18.2 Å². The van der Waals surface area contributed by atoms with Crippen LogP contribution in [0.3, 0.4) is 0 Å². The molecule has 7 nitrogen and oxygen atoms in total. The third-order valence-electron chi connectivity index (χ3n) is 5.36. The van der Waals surface area contributed by atoms with Gasteiger partial charge < -0.3 is 20.1 Å². The number of benzene rings is 2. The minimum Gasteiger partial charge on any atom is -0.496 e. The van der Waals surface area contributed by atoms with Crippen LogP contribution in [0.1, 0.15) is 36.0 Å². The topological polar surface area (TPSA) is 85.4 Å². The van der Waals surface area contributed by atoms with Crippen LogP contribution >= 0.6 is 0 Å². The Morgan fingerprint density at radius 2 is 1.77 bits per heavy atom. The van der Waals surface area contributed by atoms with Gasteiger partial charge in [-0.05, 0) is 25.0 Å². The summed E-state index contributed by atoms with van der Waals surface area (Å²) in [5.74, 6) is 1.24. The molecule has 31 heavy (non-hydrogen) atoms. The molecular weight excluding hydrogens is 392 g/mol. The molecule has 1 aliphatic rings. The molecule has 0 amide bonds. The fourth-order valence-electron chi connectivity index (χ4n) is 3.78. The number of carbonyl (C=O) groups excluding carboxylic acids is 1. The molecule has 1 saturated carbocycles. The number of aromatic nitrogens is 2. The first-order valence-electron chi connectivity index (χ1n) is 10.4. The second kappa shape index (κ2) is 9.47. The van der Waals surface area contributed by atoms with Gasteiger partial charge in [-0.2, -0.15) is 4.98 Å². The van der Waals surface area contributed by atoms with E-state index >= 15 is 0 Å². The number of ether oxygens (including phenoxy) is 2. The van der Waals surface area contributed by atoms with Gasteiger partial charge in [-0.15, -0.1) is 0 Å². The molecule has 0 bridgehead atoms. The first-order chi connectivity index (χ1) is 15.2. The van der Waals surface area contributed by atoms with Gasteiger partial charge >= 0.3 is 5.97 Å². The summed E-state index contributed by atoms with van der Waals surface area (Å²) in [4.78, 5) is 21.3. The van der Waals surface area contributed by atoms with Crippen LogP contribution in [0.2, 0.25) is 0 Å². The van der Waals surface area contributed by atoms with E-state index < -0.39 is 5.97 Å². The summed E-state index contributed by atoms with van der Waals surface area (Å²) in [6.45, 7) is 0. The van der Waals surface area contributed by atoms with Crippen molar-refractivity contribution in [3.05, 3.63) is 60.2 Å². The molecule has 1 fully saturated rings. The Balaban J connectivity index is 1.66. The Hall–Kier alpha value is -3.61. The zero-order valence-corrected chi connectivity index (χ0v) is 17.7. The fraction of sp³-hybridized carbons (Fsp3) is 0.292. The van der Waals surface area contributed by atoms with Crippen molar-refractivity contribution >= 4 is 23.4 Å². The molecule has 1 aromatic heterocycles. The smallest absolute Gasteiger partial charge is 0.341 e. The molecule has 0 saturated heterocycles. The van der Waals surface area contributed by atoms with Gasteiger partial charge in [-0.1, -0.05) is 43.2 Å². The first-order valence-corrected chi connectivity index (χ1v) is 10.4. The quantitative estimate of drug-likeness (QED) is 0.520. The zero-order chi connectivity index (χ0) is 21.6. The second-order valence-corrected chi connectivity index (χ2v) is 7.49. The molecule has 1 aliphatic carbocycles. The third kappa shape index (κ3) is 4.94. The summed E-state index contributed by atoms with van der Waals surface area (Å²) in [6, 6.07) is 17.5. The van der Waals surface area contributed by atoms with E-state index in [1.165, 1.54) is 27.1 Å². The lowest BCUT2D eigenvalue weighted by Gasteiger charge is -2.15. The van der Waals surface area contributed by atoms with E-state index in [2.05, 4.69) is 15.6 Å². The number of anilines is 3. The van der Waals surface area contributed by atoms with E-state index in [4.69, 9.17) is 14.5 Å². The molecule has 4 rings (SSSR count). The number of hydrogen-bond acceptors (Lipinski definition) is 7. The number of methoxy groups -OCH3 is 2. The minimum absolute atomic E-state index is 0.367. The lowest BCUT2D eigenvalue weighted by atomic mass is 10.1. The highest BCUT2D eigenvalue weighted by molar-refractivity contribution is 5.93. The van der Waals surface area contributed by atoms with Crippen LogP contribution in [0.25, 0.3) is 11.3 Å². The molecule has 0 unspecified atom stereocenters. The Morgan fingerprint density at radius 1 is 1.00 bits per heavy atom. The molecule has 160 valence electrons. The van der Waals surface area contributed by atoms with Gasteiger partial charge in [0, 0.05) is 29.4 Å². The minimum atomic E-state index is -0.445. The van der Waals surface area contributed by atoms with Crippen molar-refractivity contribution in [1.82, 2.24) is 9.97 Å². The van der Waals surface area contributed by atoms with Gasteiger partial charge in [-0.25, -0.2) is 9.78 Å². The van der Waals surface area contributed by atoms with Crippen LogP contribution in [0.4, 0.5) is 17.5 Å².